The van der Waals surface area contributed by atoms with Gasteiger partial charge in [-0.25, -0.2) is 13.6 Å². The standard InChI is InChI=1S/C33H37ClF2N6O3/c1-5-28(43)40-12-19(3)41(13-18(40)2)32-25-11-26(34)29(24-9-6-20(35)10-27(24)36)31-30(25)42(33(44)37-32)23(17-45-31)16-39-14-21-7-8-22(15-39)38(21)4/h5-6,9-11,18-19,21-23H,1,7-8,12-17H2,2-4H3/t18-,19+,21?,22?,23-/m1/s1. The molecule has 2 unspecified atom stereocenters. The van der Waals surface area contributed by atoms with Crippen molar-refractivity contribution in [2.75, 3.05) is 51.3 Å². The average molecular weight is 639 g/mol. The number of benzene rings is 2. The van der Waals surface area contributed by atoms with E-state index < -0.39 is 17.3 Å². The molecule has 9 nitrogen and oxygen atoms in total. The van der Waals surface area contributed by atoms with Crippen molar-refractivity contribution >= 4 is 34.2 Å². The van der Waals surface area contributed by atoms with Crippen molar-refractivity contribution in [3.63, 3.8) is 0 Å². The summed E-state index contributed by atoms with van der Waals surface area (Å²) in [6.07, 6.45) is 3.64. The zero-order valence-electron chi connectivity index (χ0n) is 25.7. The minimum Gasteiger partial charge on any atom is -0.488 e. The van der Waals surface area contributed by atoms with Crippen molar-refractivity contribution in [3.05, 3.63) is 64.1 Å². The van der Waals surface area contributed by atoms with E-state index in [9.17, 15) is 14.0 Å². The lowest BCUT2D eigenvalue weighted by molar-refractivity contribution is -0.128. The third kappa shape index (κ3) is 4.99. The van der Waals surface area contributed by atoms with Crippen molar-refractivity contribution in [1.82, 2.24) is 24.3 Å². The van der Waals surface area contributed by atoms with Crippen LogP contribution in [-0.2, 0) is 4.79 Å². The Kier molecular flexibility index (Phi) is 7.61. The molecule has 0 spiro atoms. The van der Waals surface area contributed by atoms with Gasteiger partial charge in [-0.15, -0.1) is 0 Å². The topological polar surface area (TPSA) is 74.1 Å². The fourth-order valence-electron chi connectivity index (χ4n) is 7.85. The first-order valence-electron chi connectivity index (χ1n) is 15.6. The molecular formula is C33H37ClF2N6O3. The van der Waals surface area contributed by atoms with Crippen molar-refractivity contribution < 1.29 is 18.3 Å². The van der Waals surface area contributed by atoms with Gasteiger partial charge in [0.05, 0.1) is 16.6 Å². The molecule has 1 amide bonds. The van der Waals surface area contributed by atoms with E-state index >= 15 is 4.39 Å². The van der Waals surface area contributed by atoms with Crippen LogP contribution in [0.1, 0.15) is 32.7 Å². The number of rotatable bonds is 5. The molecule has 0 aliphatic carbocycles. The van der Waals surface area contributed by atoms with Gasteiger partial charge in [-0.2, -0.15) is 4.98 Å². The summed E-state index contributed by atoms with van der Waals surface area (Å²) >= 11 is 6.90. The van der Waals surface area contributed by atoms with Gasteiger partial charge in [0.25, 0.3) is 0 Å². The molecule has 7 rings (SSSR count). The summed E-state index contributed by atoms with van der Waals surface area (Å²) in [5, 5.41) is 0.804. The van der Waals surface area contributed by atoms with E-state index in [2.05, 4.69) is 28.4 Å². The van der Waals surface area contributed by atoms with Crippen LogP contribution in [0.5, 0.6) is 5.75 Å². The number of fused-ring (bicyclic) bond motifs is 2. The van der Waals surface area contributed by atoms with Crippen LogP contribution in [0.15, 0.2) is 41.7 Å². The number of carbonyl (C=O) groups excluding carboxylic acids is 1. The molecule has 2 bridgehead atoms. The number of ether oxygens (including phenoxy) is 1. The molecule has 2 aromatic carbocycles. The largest absolute Gasteiger partial charge is 0.488 e. The first-order chi connectivity index (χ1) is 21.5. The number of anilines is 1. The molecular weight excluding hydrogens is 602 g/mol. The van der Waals surface area contributed by atoms with Crippen LogP contribution in [0.4, 0.5) is 14.6 Å². The maximum absolute atomic E-state index is 15.2. The number of hydrogen-bond donors (Lipinski definition) is 0. The van der Waals surface area contributed by atoms with Crippen molar-refractivity contribution in [3.8, 4) is 16.9 Å². The van der Waals surface area contributed by atoms with Gasteiger partial charge < -0.3 is 14.5 Å². The average Bonchev–Trinajstić information content (AvgIpc) is 3.20. The molecule has 3 aromatic rings. The van der Waals surface area contributed by atoms with E-state index in [0.29, 0.717) is 48.4 Å². The van der Waals surface area contributed by atoms with Gasteiger partial charge in [-0.05, 0) is 58.0 Å². The van der Waals surface area contributed by atoms with E-state index in [1.165, 1.54) is 18.2 Å². The SMILES string of the molecule is C=CC(=O)N1C[C@H](C)N(c2nc(=O)n3c4c(c(-c5ccc(F)cc5F)c(Cl)cc24)OC[C@H]3CN2CC3CCC(C2)N3C)C[C@H]1C. The van der Waals surface area contributed by atoms with Gasteiger partial charge in [0, 0.05) is 79.5 Å². The quantitative estimate of drug-likeness (QED) is 0.386. The lowest BCUT2D eigenvalue weighted by Gasteiger charge is -2.45. The zero-order valence-corrected chi connectivity index (χ0v) is 26.4. The maximum atomic E-state index is 15.2. The summed E-state index contributed by atoms with van der Waals surface area (Å²) in [6, 6.07) is 5.34. The van der Waals surface area contributed by atoms with Crippen LogP contribution in [0, 0.1) is 11.6 Å². The molecule has 12 heteroatoms. The third-order valence-corrected chi connectivity index (χ3v) is 10.5. The number of carbonyl (C=O) groups is 1. The molecule has 0 N–H and O–H groups in total. The first-order valence-corrected chi connectivity index (χ1v) is 15.9. The molecule has 0 radical (unpaired) electrons. The molecule has 3 saturated heterocycles. The molecule has 3 fully saturated rings. The number of piperazine rings is 2. The lowest BCUT2D eigenvalue weighted by atomic mass is 9.99. The van der Waals surface area contributed by atoms with Crippen molar-refractivity contribution in [2.45, 2.75) is 56.9 Å². The summed E-state index contributed by atoms with van der Waals surface area (Å²) in [5.74, 6) is -0.919. The molecule has 1 aromatic heterocycles. The normalized spacial score (nSPS) is 26.8. The predicted molar refractivity (Wildman–Crippen MR) is 170 cm³/mol. The van der Waals surface area contributed by atoms with E-state index in [1.54, 1.807) is 15.5 Å². The number of amides is 1. The van der Waals surface area contributed by atoms with Crippen LogP contribution >= 0.6 is 11.6 Å². The summed E-state index contributed by atoms with van der Waals surface area (Å²) in [4.78, 5) is 40.0. The van der Waals surface area contributed by atoms with E-state index in [-0.39, 0.29) is 52.5 Å². The Hall–Kier alpha value is -3.54. The Morgan fingerprint density at radius 1 is 1.11 bits per heavy atom. The number of likely N-dealkylation sites (N-methyl/N-ethyl adjacent to an activating group) is 1. The number of halogens is 3. The number of likely N-dealkylation sites (tertiary alicyclic amines) is 1. The smallest absolute Gasteiger partial charge is 0.350 e. The Morgan fingerprint density at radius 3 is 2.53 bits per heavy atom. The Balaban J connectivity index is 1.38. The van der Waals surface area contributed by atoms with Crippen LogP contribution in [-0.4, -0.2) is 101 Å². The van der Waals surface area contributed by atoms with Gasteiger partial charge in [0.15, 0.2) is 5.75 Å². The Bertz CT molecular complexity index is 1750. The lowest BCUT2D eigenvalue weighted by Crippen LogP contribution is -2.58. The molecule has 238 valence electrons. The van der Waals surface area contributed by atoms with Gasteiger partial charge >= 0.3 is 5.69 Å². The fraction of sp³-hybridized carbons (Fsp3) is 0.485. The van der Waals surface area contributed by atoms with Crippen LogP contribution in [0.25, 0.3) is 22.0 Å². The van der Waals surface area contributed by atoms with Crippen LogP contribution < -0.4 is 15.3 Å². The third-order valence-electron chi connectivity index (χ3n) is 10.2. The van der Waals surface area contributed by atoms with Crippen molar-refractivity contribution in [2.24, 2.45) is 0 Å². The molecule has 4 aliphatic rings. The first kappa shape index (κ1) is 30.1. The number of nitrogens with zero attached hydrogens (tertiary/aromatic N) is 6. The number of aromatic nitrogens is 2. The second-order valence-electron chi connectivity index (χ2n) is 12.9. The van der Waals surface area contributed by atoms with E-state index in [1.807, 2.05) is 18.7 Å². The Morgan fingerprint density at radius 2 is 1.84 bits per heavy atom. The molecule has 5 heterocycles. The predicted octanol–water partition coefficient (Wildman–Crippen LogP) is 4.32. The Labute approximate surface area is 265 Å². The second-order valence-corrected chi connectivity index (χ2v) is 13.4. The summed E-state index contributed by atoms with van der Waals surface area (Å²) in [7, 11) is 2.19. The number of hydrogen-bond acceptors (Lipinski definition) is 7. The summed E-state index contributed by atoms with van der Waals surface area (Å²) in [6.45, 7) is 11.0. The molecule has 45 heavy (non-hydrogen) atoms. The highest BCUT2D eigenvalue weighted by molar-refractivity contribution is 6.35. The van der Waals surface area contributed by atoms with E-state index in [0.717, 1.165) is 32.0 Å². The minimum atomic E-state index is -0.778. The van der Waals surface area contributed by atoms with Gasteiger partial charge in [0.1, 0.15) is 24.1 Å². The monoisotopic (exact) mass is 638 g/mol. The van der Waals surface area contributed by atoms with Crippen LogP contribution in [0.2, 0.25) is 5.02 Å². The minimum absolute atomic E-state index is 0.0864. The summed E-state index contributed by atoms with van der Waals surface area (Å²) < 4.78 is 37.3. The maximum Gasteiger partial charge on any atom is 0.350 e. The zero-order chi connectivity index (χ0) is 31.7. The highest BCUT2D eigenvalue weighted by Crippen LogP contribution is 2.47. The van der Waals surface area contributed by atoms with Gasteiger partial charge in [-0.1, -0.05) is 18.2 Å². The fourth-order valence-corrected chi connectivity index (χ4v) is 8.15. The van der Waals surface area contributed by atoms with Gasteiger partial charge in [0.2, 0.25) is 5.91 Å². The highest BCUT2D eigenvalue weighted by atomic mass is 35.5. The molecule has 5 atom stereocenters. The summed E-state index contributed by atoms with van der Waals surface area (Å²) in [5.41, 5.74) is 0.418. The molecule has 0 saturated carbocycles. The van der Waals surface area contributed by atoms with E-state index in [4.69, 9.17) is 16.3 Å². The molecule has 4 aliphatic heterocycles. The van der Waals surface area contributed by atoms with Crippen LogP contribution in [0.3, 0.4) is 0 Å². The second kappa shape index (κ2) is 11.4. The van der Waals surface area contributed by atoms with Crippen molar-refractivity contribution in [1.29, 1.82) is 0 Å². The highest BCUT2D eigenvalue weighted by Gasteiger charge is 2.40. The van der Waals surface area contributed by atoms with Gasteiger partial charge in [-0.3, -0.25) is 19.2 Å².